The van der Waals surface area contributed by atoms with Gasteiger partial charge in [0.1, 0.15) is 5.70 Å². The fraction of sp³-hybridized carbons (Fsp3) is 0.385. The number of nitrogens with zero attached hydrogens (tertiary/aromatic N) is 1. The topological polar surface area (TPSA) is 77.1 Å². The molecule has 0 saturated heterocycles. The number of hydrogen-bond donors (Lipinski definition) is 1. The number of imide groups is 1. The minimum Gasteiger partial charge on any atom is -0.490 e. The van der Waals surface area contributed by atoms with Crippen molar-refractivity contribution in [2.75, 3.05) is 38.3 Å². The van der Waals surface area contributed by atoms with E-state index < -0.39 is 0 Å². The molecule has 2 amide bonds. The summed E-state index contributed by atoms with van der Waals surface area (Å²) in [5.41, 5.74) is 3.03. The number of carbonyl (C=O) groups excluding carboxylic acids is 2. The molecule has 1 aliphatic rings. The van der Waals surface area contributed by atoms with Crippen molar-refractivity contribution in [2.24, 2.45) is 0 Å². The highest BCUT2D eigenvalue weighted by molar-refractivity contribution is 6.36. The molecule has 1 N–H and O–H groups in total. The minimum atomic E-state index is -0.348. The summed E-state index contributed by atoms with van der Waals surface area (Å²) >= 11 is 0. The number of nitrogens with one attached hydrogen (secondary N) is 1. The molecule has 0 unspecified atom stereocenters. The highest BCUT2D eigenvalue weighted by atomic mass is 16.5. The van der Waals surface area contributed by atoms with Crippen LogP contribution in [0.25, 0.3) is 5.57 Å². The van der Waals surface area contributed by atoms with E-state index in [2.05, 4.69) is 5.32 Å². The van der Waals surface area contributed by atoms with Crippen LogP contribution in [0.5, 0.6) is 11.5 Å². The number of amides is 2. The van der Waals surface area contributed by atoms with Gasteiger partial charge in [-0.3, -0.25) is 14.5 Å². The van der Waals surface area contributed by atoms with E-state index in [0.717, 1.165) is 5.56 Å². The first kappa shape index (κ1) is 24.3. The van der Waals surface area contributed by atoms with Crippen LogP contribution in [-0.2, 0) is 14.3 Å². The maximum absolute atomic E-state index is 13.3. The van der Waals surface area contributed by atoms with E-state index in [9.17, 15) is 9.59 Å². The lowest BCUT2D eigenvalue weighted by Crippen LogP contribution is -2.34. The first-order valence-electron chi connectivity index (χ1n) is 11.4. The van der Waals surface area contributed by atoms with E-state index in [1.165, 1.54) is 4.90 Å². The Morgan fingerprint density at radius 3 is 2.21 bits per heavy atom. The van der Waals surface area contributed by atoms with Gasteiger partial charge in [0.2, 0.25) is 0 Å². The van der Waals surface area contributed by atoms with Crippen molar-refractivity contribution >= 4 is 23.1 Å². The zero-order chi connectivity index (χ0) is 23.8. The molecule has 0 atom stereocenters. The monoisotopic (exact) mass is 452 g/mol. The Morgan fingerprint density at radius 1 is 0.848 bits per heavy atom. The van der Waals surface area contributed by atoms with E-state index in [0.29, 0.717) is 67.7 Å². The van der Waals surface area contributed by atoms with Crippen LogP contribution in [0.15, 0.2) is 48.2 Å². The zero-order valence-corrected chi connectivity index (χ0v) is 19.8. The highest BCUT2D eigenvalue weighted by Crippen LogP contribution is 2.34. The fourth-order valence-corrected chi connectivity index (χ4v) is 3.63. The van der Waals surface area contributed by atoms with Crippen LogP contribution < -0.4 is 14.8 Å². The third kappa shape index (κ3) is 5.73. The van der Waals surface area contributed by atoms with Crippen LogP contribution in [0, 0.1) is 6.92 Å². The van der Waals surface area contributed by atoms with Gasteiger partial charge in [-0.1, -0.05) is 29.8 Å². The average molecular weight is 453 g/mol. The standard InChI is InChI=1S/C26H32N2O5/c1-5-31-16-8-15-28-25(29)23(19-11-9-18(4)10-12-19)24(26(28)30)27-20-13-14-21(32-6-2)22(17-20)33-7-3/h9-14,17,27H,5-8,15-16H2,1-4H3. The second-order valence-electron chi connectivity index (χ2n) is 7.58. The van der Waals surface area contributed by atoms with Crippen molar-refractivity contribution in [3.63, 3.8) is 0 Å². The molecule has 0 radical (unpaired) electrons. The molecule has 33 heavy (non-hydrogen) atoms. The summed E-state index contributed by atoms with van der Waals surface area (Å²) in [6.45, 7) is 10.1. The summed E-state index contributed by atoms with van der Waals surface area (Å²) in [5.74, 6) is 0.550. The Hall–Kier alpha value is -3.32. The second kappa shape index (κ2) is 11.5. The van der Waals surface area contributed by atoms with Gasteiger partial charge < -0.3 is 19.5 Å². The molecule has 0 aromatic heterocycles. The lowest BCUT2D eigenvalue weighted by molar-refractivity contribution is -0.137. The van der Waals surface area contributed by atoms with E-state index in [1.54, 1.807) is 12.1 Å². The maximum Gasteiger partial charge on any atom is 0.278 e. The molecule has 2 aromatic rings. The van der Waals surface area contributed by atoms with E-state index >= 15 is 0 Å². The summed E-state index contributed by atoms with van der Waals surface area (Å²) in [7, 11) is 0. The van der Waals surface area contributed by atoms with E-state index in [-0.39, 0.29) is 17.5 Å². The molecule has 1 aliphatic heterocycles. The SMILES string of the molecule is CCOCCCN1C(=O)C(Nc2ccc(OCC)c(OCC)c2)=C(c2ccc(C)cc2)C1=O. The summed E-state index contributed by atoms with van der Waals surface area (Å²) in [5, 5.41) is 3.18. The Kier molecular flexibility index (Phi) is 8.49. The van der Waals surface area contributed by atoms with Crippen molar-refractivity contribution in [3.05, 3.63) is 59.3 Å². The normalized spacial score (nSPS) is 13.6. The summed E-state index contributed by atoms with van der Waals surface area (Å²) in [6, 6.07) is 13.0. The molecule has 1 heterocycles. The number of aryl methyl sites for hydroxylation is 1. The molecular formula is C26H32N2O5. The molecule has 0 saturated carbocycles. The number of ether oxygens (including phenoxy) is 3. The Bertz CT molecular complexity index is 1010. The van der Waals surface area contributed by atoms with Crippen LogP contribution in [-0.4, -0.2) is 49.7 Å². The van der Waals surface area contributed by atoms with E-state index in [4.69, 9.17) is 14.2 Å². The first-order valence-corrected chi connectivity index (χ1v) is 11.4. The van der Waals surface area contributed by atoms with E-state index in [1.807, 2.05) is 58.0 Å². The average Bonchev–Trinajstić information content (AvgIpc) is 3.03. The molecule has 0 fully saturated rings. The second-order valence-corrected chi connectivity index (χ2v) is 7.58. The fourth-order valence-electron chi connectivity index (χ4n) is 3.63. The molecule has 176 valence electrons. The molecule has 3 rings (SSSR count). The summed E-state index contributed by atoms with van der Waals surface area (Å²) in [6.07, 6.45) is 0.581. The molecule has 7 nitrogen and oxygen atoms in total. The molecule has 0 bridgehead atoms. The van der Waals surface area contributed by atoms with Gasteiger partial charge in [-0.2, -0.15) is 0 Å². The maximum atomic E-state index is 13.3. The van der Waals surface area contributed by atoms with Gasteiger partial charge in [0.25, 0.3) is 11.8 Å². The third-order valence-electron chi connectivity index (χ3n) is 5.20. The molecule has 7 heteroatoms. The minimum absolute atomic E-state index is 0.256. The van der Waals surface area contributed by atoms with Crippen molar-refractivity contribution in [3.8, 4) is 11.5 Å². The van der Waals surface area contributed by atoms with Crippen molar-refractivity contribution in [2.45, 2.75) is 34.1 Å². The summed E-state index contributed by atoms with van der Waals surface area (Å²) < 4.78 is 16.7. The van der Waals surface area contributed by atoms with Gasteiger partial charge in [-0.15, -0.1) is 0 Å². The van der Waals surface area contributed by atoms with Crippen LogP contribution in [0.2, 0.25) is 0 Å². The number of benzene rings is 2. The third-order valence-corrected chi connectivity index (χ3v) is 5.20. The van der Waals surface area contributed by atoms with Gasteiger partial charge in [0.05, 0.1) is 18.8 Å². The summed E-state index contributed by atoms with van der Waals surface area (Å²) in [4.78, 5) is 27.9. The molecular weight excluding hydrogens is 420 g/mol. The van der Waals surface area contributed by atoms with Gasteiger partial charge >= 0.3 is 0 Å². The number of anilines is 1. The lowest BCUT2D eigenvalue weighted by Gasteiger charge is -2.16. The van der Waals surface area contributed by atoms with Gasteiger partial charge in [0.15, 0.2) is 11.5 Å². The van der Waals surface area contributed by atoms with Crippen LogP contribution in [0.1, 0.15) is 38.3 Å². The van der Waals surface area contributed by atoms with Gasteiger partial charge in [-0.25, -0.2) is 0 Å². The smallest absolute Gasteiger partial charge is 0.278 e. The molecule has 2 aromatic carbocycles. The Labute approximate surface area is 195 Å². The number of hydrogen-bond acceptors (Lipinski definition) is 6. The van der Waals surface area contributed by atoms with Gasteiger partial charge in [-0.05, 0) is 51.8 Å². The van der Waals surface area contributed by atoms with Crippen LogP contribution in [0.4, 0.5) is 5.69 Å². The first-order chi connectivity index (χ1) is 16.0. The predicted molar refractivity (Wildman–Crippen MR) is 128 cm³/mol. The number of rotatable bonds is 12. The zero-order valence-electron chi connectivity index (χ0n) is 19.8. The predicted octanol–water partition coefficient (Wildman–Crippen LogP) is 4.41. The van der Waals surface area contributed by atoms with Crippen LogP contribution >= 0.6 is 0 Å². The van der Waals surface area contributed by atoms with Crippen molar-refractivity contribution in [1.29, 1.82) is 0 Å². The van der Waals surface area contributed by atoms with Crippen molar-refractivity contribution in [1.82, 2.24) is 4.90 Å². The Morgan fingerprint density at radius 2 is 1.55 bits per heavy atom. The molecule has 0 spiro atoms. The molecule has 0 aliphatic carbocycles. The highest BCUT2D eigenvalue weighted by Gasteiger charge is 2.38. The van der Waals surface area contributed by atoms with Gasteiger partial charge in [0, 0.05) is 31.5 Å². The van der Waals surface area contributed by atoms with Crippen molar-refractivity contribution < 1.29 is 23.8 Å². The quantitative estimate of drug-likeness (QED) is 0.380. The number of carbonyl (C=O) groups is 2. The van der Waals surface area contributed by atoms with Crippen LogP contribution in [0.3, 0.4) is 0 Å². The Balaban J connectivity index is 1.95. The lowest BCUT2D eigenvalue weighted by atomic mass is 10.0. The largest absolute Gasteiger partial charge is 0.490 e.